The summed E-state index contributed by atoms with van der Waals surface area (Å²) in [6, 6.07) is 9.59. The van der Waals surface area contributed by atoms with Gasteiger partial charge in [-0.05, 0) is 12.0 Å². The zero-order chi connectivity index (χ0) is 23.3. The number of carbonyl (C=O) groups is 1. The van der Waals surface area contributed by atoms with Crippen LogP contribution < -0.4 is 11.5 Å². The summed E-state index contributed by atoms with van der Waals surface area (Å²) in [5.74, 6) is -1.07. The van der Waals surface area contributed by atoms with Gasteiger partial charge in [0.15, 0.2) is 12.2 Å². The second kappa shape index (κ2) is 14.0. The molecular weight excluding hydrogens is 422 g/mol. The smallest absolute Gasteiger partial charge is 0.329 e. The predicted octanol–water partition coefficient (Wildman–Crippen LogP) is 0.108. The molecule has 1 saturated heterocycles. The monoisotopic (exact) mass is 455 g/mol. The molecular formula is C21H33N3O8. The largest absolute Gasteiger partial charge is 0.480 e. The fraction of sp³-hybridized carbons (Fsp3) is 0.619. The van der Waals surface area contributed by atoms with Crippen molar-refractivity contribution in [2.24, 2.45) is 16.5 Å². The van der Waals surface area contributed by atoms with E-state index in [1.165, 1.54) is 14.2 Å². The quantitative estimate of drug-likeness (QED) is 0.200. The van der Waals surface area contributed by atoms with E-state index in [9.17, 15) is 4.79 Å². The van der Waals surface area contributed by atoms with Crippen molar-refractivity contribution in [3.05, 3.63) is 35.9 Å². The zero-order valence-corrected chi connectivity index (χ0v) is 18.4. The molecule has 1 aromatic rings. The van der Waals surface area contributed by atoms with Crippen LogP contribution in [0, 0.1) is 0 Å². The van der Waals surface area contributed by atoms with Gasteiger partial charge in [-0.1, -0.05) is 30.3 Å². The van der Waals surface area contributed by atoms with Gasteiger partial charge in [-0.15, -0.1) is 0 Å². The summed E-state index contributed by atoms with van der Waals surface area (Å²) in [6.07, 6.45) is -2.82. The lowest BCUT2D eigenvalue weighted by atomic mass is 9.98. The van der Waals surface area contributed by atoms with Gasteiger partial charge in [0.1, 0.15) is 31.0 Å². The van der Waals surface area contributed by atoms with Crippen LogP contribution in [-0.4, -0.2) is 88.3 Å². The summed E-state index contributed by atoms with van der Waals surface area (Å²) in [7, 11) is 2.98. The number of aliphatic carboxylic acids is 1. The summed E-state index contributed by atoms with van der Waals surface area (Å²) >= 11 is 0. The lowest BCUT2D eigenvalue weighted by molar-refractivity contribution is -0.316. The van der Waals surface area contributed by atoms with Gasteiger partial charge in [-0.2, -0.15) is 0 Å². The topological polar surface area (TPSA) is 157 Å². The molecule has 2 rings (SSSR count). The Hall–Kier alpha value is -2.28. The van der Waals surface area contributed by atoms with Crippen LogP contribution in [0.1, 0.15) is 12.0 Å². The minimum absolute atomic E-state index is 0.0359. The van der Waals surface area contributed by atoms with E-state index in [1.807, 2.05) is 30.3 Å². The van der Waals surface area contributed by atoms with Crippen molar-refractivity contribution >= 4 is 11.9 Å². The summed E-state index contributed by atoms with van der Waals surface area (Å²) in [4.78, 5) is 15.0. The van der Waals surface area contributed by atoms with Crippen molar-refractivity contribution in [2.45, 2.75) is 43.7 Å². The van der Waals surface area contributed by atoms with Crippen LogP contribution in [0.2, 0.25) is 0 Å². The Morgan fingerprint density at radius 3 is 2.47 bits per heavy atom. The van der Waals surface area contributed by atoms with Gasteiger partial charge in [0.25, 0.3) is 0 Å². The minimum atomic E-state index is -1.11. The highest BCUT2D eigenvalue weighted by Crippen LogP contribution is 2.29. The van der Waals surface area contributed by atoms with Gasteiger partial charge in [-0.3, -0.25) is 4.99 Å². The standard InChI is InChI=1S/C21H33N3O8/c1-27-17-15(12-29-10-6-9-24-21(22)23)32-20(28-2)19(31-13-16(25)26)18(17)30-11-14-7-4-3-5-8-14/h3-5,7-8,15,17-20H,6,9-13H2,1-2H3,(H,25,26)(H4,22,23,24)/t15-,17-,18+,19+,20+/m1/s1. The summed E-state index contributed by atoms with van der Waals surface area (Å²) in [6.45, 7) is 0.828. The highest BCUT2D eigenvalue weighted by Gasteiger charge is 2.48. The third-order valence-corrected chi connectivity index (χ3v) is 4.80. The Kier molecular flexibility index (Phi) is 11.4. The van der Waals surface area contributed by atoms with E-state index in [2.05, 4.69) is 4.99 Å². The minimum Gasteiger partial charge on any atom is -0.480 e. The van der Waals surface area contributed by atoms with Gasteiger partial charge in [0, 0.05) is 27.4 Å². The first kappa shape index (κ1) is 26.0. The van der Waals surface area contributed by atoms with Crippen LogP contribution in [0.5, 0.6) is 0 Å². The van der Waals surface area contributed by atoms with Crippen molar-refractivity contribution < 1.29 is 38.3 Å². The molecule has 1 aliphatic heterocycles. The first-order valence-electron chi connectivity index (χ1n) is 10.3. The van der Waals surface area contributed by atoms with Gasteiger partial charge in [0.05, 0.1) is 13.2 Å². The fourth-order valence-electron chi connectivity index (χ4n) is 3.36. The Morgan fingerprint density at radius 2 is 1.84 bits per heavy atom. The molecule has 11 heteroatoms. The number of rotatable bonds is 14. The maximum absolute atomic E-state index is 11.1. The van der Waals surface area contributed by atoms with Crippen molar-refractivity contribution in [3.63, 3.8) is 0 Å². The molecule has 1 fully saturated rings. The Labute approximate surface area is 187 Å². The predicted molar refractivity (Wildman–Crippen MR) is 115 cm³/mol. The Morgan fingerprint density at radius 1 is 1.09 bits per heavy atom. The number of nitrogens with zero attached hydrogens (tertiary/aromatic N) is 1. The van der Waals surface area contributed by atoms with E-state index in [1.54, 1.807) is 0 Å². The van der Waals surface area contributed by atoms with Crippen LogP contribution in [0.3, 0.4) is 0 Å². The first-order valence-corrected chi connectivity index (χ1v) is 10.3. The number of nitrogens with two attached hydrogens (primary N) is 2. The molecule has 1 aromatic carbocycles. The summed E-state index contributed by atoms with van der Waals surface area (Å²) in [5.41, 5.74) is 11.6. The molecule has 1 heterocycles. The SMILES string of the molecule is CO[C@H]1O[C@H](COCCCN=C(N)N)[C@@H](OC)[C@H](OCc2ccccc2)[C@@H]1OCC(=O)O. The number of hydrogen-bond acceptors (Lipinski definition) is 8. The van der Waals surface area contributed by atoms with Gasteiger partial charge in [0.2, 0.25) is 0 Å². The molecule has 11 nitrogen and oxygen atoms in total. The van der Waals surface area contributed by atoms with Crippen molar-refractivity contribution in [2.75, 3.05) is 40.6 Å². The van der Waals surface area contributed by atoms with Crippen LogP contribution in [0.15, 0.2) is 35.3 Å². The lowest BCUT2D eigenvalue weighted by Gasteiger charge is -2.44. The third kappa shape index (κ3) is 8.34. The molecule has 0 unspecified atom stereocenters. The lowest BCUT2D eigenvalue weighted by Crippen LogP contribution is -2.61. The van der Waals surface area contributed by atoms with E-state index in [0.29, 0.717) is 19.6 Å². The van der Waals surface area contributed by atoms with E-state index in [-0.39, 0.29) is 19.2 Å². The molecule has 1 aliphatic rings. The Balaban J connectivity index is 2.07. The maximum Gasteiger partial charge on any atom is 0.329 e. The number of hydrogen-bond donors (Lipinski definition) is 3. The number of guanidine groups is 1. The molecule has 0 aliphatic carbocycles. The number of carboxylic acid groups (broad SMARTS) is 1. The maximum atomic E-state index is 11.1. The van der Waals surface area contributed by atoms with Crippen molar-refractivity contribution in [1.82, 2.24) is 0 Å². The molecule has 0 saturated carbocycles. The molecule has 0 bridgehead atoms. The van der Waals surface area contributed by atoms with Gasteiger partial charge in [-0.25, -0.2) is 4.79 Å². The average molecular weight is 456 g/mol. The summed E-state index contributed by atoms with van der Waals surface area (Å²) in [5, 5.41) is 9.07. The molecule has 0 amide bonds. The molecule has 0 spiro atoms. The van der Waals surface area contributed by atoms with Crippen molar-refractivity contribution in [1.29, 1.82) is 0 Å². The number of ether oxygens (including phenoxy) is 6. The molecule has 5 atom stereocenters. The second-order valence-corrected chi connectivity index (χ2v) is 7.14. The van der Waals surface area contributed by atoms with E-state index in [0.717, 1.165) is 5.56 Å². The second-order valence-electron chi connectivity index (χ2n) is 7.14. The first-order chi connectivity index (χ1) is 15.5. The molecule has 0 radical (unpaired) electrons. The van der Waals surface area contributed by atoms with E-state index < -0.39 is 43.3 Å². The number of methoxy groups -OCH3 is 2. The molecule has 0 aromatic heterocycles. The highest BCUT2D eigenvalue weighted by atomic mass is 16.7. The normalized spacial score (nSPS) is 25.4. The summed E-state index contributed by atoms with van der Waals surface area (Å²) < 4.78 is 34.5. The average Bonchev–Trinajstić information content (AvgIpc) is 2.78. The number of benzene rings is 1. The third-order valence-electron chi connectivity index (χ3n) is 4.80. The Bertz CT molecular complexity index is 702. The fourth-order valence-corrected chi connectivity index (χ4v) is 3.36. The van der Waals surface area contributed by atoms with Gasteiger partial charge >= 0.3 is 5.97 Å². The van der Waals surface area contributed by atoms with Crippen LogP contribution in [0.25, 0.3) is 0 Å². The van der Waals surface area contributed by atoms with Gasteiger partial charge < -0.3 is 45.0 Å². The van der Waals surface area contributed by atoms with Crippen molar-refractivity contribution in [3.8, 4) is 0 Å². The van der Waals surface area contributed by atoms with E-state index in [4.69, 9.17) is 45.0 Å². The van der Waals surface area contributed by atoms with E-state index >= 15 is 0 Å². The molecule has 5 N–H and O–H groups in total. The van der Waals surface area contributed by atoms with Crippen LogP contribution in [-0.2, 0) is 39.8 Å². The molecule has 180 valence electrons. The van der Waals surface area contributed by atoms with Crippen LogP contribution in [0.4, 0.5) is 0 Å². The zero-order valence-electron chi connectivity index (χ0n) is 18.4. The molecule has 32 heavy (non-hydrogen) atoms. The van der Waals surface area contributed by atoms with Crippen LogP contribution >= 0.6 is 0 Å². The number of aliphatic imine (C=N–C) groups is 1. The number of carboxylic acids is 1. The highest BCUT2D eigenvalue weighted by molar-refractivity contribution is 5.75.